The molecule has 6 aromatic carbocycles. The van der Waals surface area contributed by atoms with Crippen LogP contribution in [0.5, 0.6) is 0 Å². The summed E-state index contributed by atoms with van der Waals surface area (Å²) in [6.45, 7) is 0. The quantitative estimate of drug-likeness (QED) is 0.125. The molecule has 0 heterocycles. The van der Waals surface area contributed by atoms with Gasteiger partial charge in [-0.1, -0.05) is 121 Å². The van der Waals surface area contributed by atoms with Crippen LogP contribution in [-0.4, -0.2) is 0 Å². The average Bonchev–Trinajstić information content (AvgIpc) is 3.00. The molecule has 0 saturated carbocycles. The predicted octanol–water partition coefficient (Wildman–Crippen LogP) is 11.0. The Bertz CT molecular complexity index is 1730. The van der Waals surface area contributed by atoms with E-state index in [0.29, 0.717) is 0 Å². The Morgan fingerprint density at radius 2 is 0.800 bits per heavy atom. The molecule has 0 saturated heterocycles. The Kier molecular flexibility index (Phi) is 8.13. The van der Waals surface area contributed by atoms with Gasteiger partial charge in [0.2, 0.25) is 0 Å². The first-order chi connectivity index (χ1) is 19.6. The fourth-order valence-electron chi connectivity index (χ4n) is 4.84. The van der Waals surface area contributed by atoms with Gasteiger partial charge in [0.25, 0.3) is 0 Å². The number of benzene rings is 6. The van der Waals surface area contributed by atoms with Crippen LogP contribution >= 0.6 is 45.2 Å². The fourth-order valence-corrected chi connectivity index (χ4v) is 5.93. The van der Waals surface area contributed by atoms with Crippen molar-refractivity contribution < 1.29 is 0 Å². The zero-order valence-corrected chi connectivity index (χ0v) is 25.9. The van der Waals surface area contributed by atoms with Crippen LogP contribution in [0.15, 0.2) is 146 Å². The first-order valence-electron chi connectivity index (χ1n) is 13.1. The zero-order chi connectivity index (χ0) is 27.3. The third kappa shape index (κ3) is 6.06. The van der Waals surface area contributed by atoms with E-state index >= 15 is 0 Å². The second-order valence-electron chi connectivity index (χ2n) is 9.52. The molecule has 2 heteroatoms. The second kappa shape index (κ2) is 12.2. The Morgan fingerprint density at radius 1 is 0.350 bits per heavy atom. The van der Waals surface area contributed by atoms with Gasteiger partial charge in [0.05, 0.1) is 0 Å². The highest BCUT2D eigenvalue weighted by molar-refractivity contribution is 14.1. The Balaban J connectivity index is 1.43. The van der Waals surface area contributed by atoms with Crippen LogP contribution in [0.4, 0.5) is 0 Å². The van der Waals surface area contributed by atoms with E-state index in [1.165, 1.54) is 29.4 Å². The van der Waals surface area contributed by atoms with Crippen molar-refractivity contribution in [3.05, 3.63) is 164 Å². The van der Waals surface area contributed by atoms with E-state index in [0.717, 1.165) is 33.4 Å². The Hall–Kier alpha value is -3.66. The number of rotatable bonds is 4. The van der Waals surface area contributed by atoms with Gasteiger partial charge in [0.1, 0.15) is 0 Å². The summed E-state index contributed by atoms with van der Waals surface area (Å²) in [6.07, 6.45) is 0. The third-order valence-corrected chi connectivity index (χ3v) is 8.22. The molecule has 0 atom stereocenters. The van der Waals surface area contributed by atoms with Crippen molar-refractivity contribution >= 4 is 45.2 Å². The number of halogens is 2. The van der Waals surface area contributed by atoms with E-state index in [4.69, 9.17) is 0 Å². The molecule has 0 spiro atoms. The smallest absolute Gasteiger partial charge is 0.0405 e. The lowest BCUT2D eigenvalue weighted by Gasteiger charge is -2.13. The van der Waals surface area contributed by atoms with E-state index in [1.54, 1.807) is 0 Å². The summed E-state index contributed by atoms with van der Waals surface area (Å²) >= 11 is 4.73. The van der Waals surface area contributed by atoms with E-state index in [1.807, 2.05) is 18.2 Å². The number of hydrogen-bond donors (Lipinski definition) is 0. The highest BCUT2D eigenvalue weighted by Gasteiger charge is 2.12. The lowest BCUT2D eigenvalue weighted by atomic mass is 9.90. The van der Waals surface area contributed by atoms with Crippen LogP contribution in [0, 0.1) is 19.0 Å². The molecule has 0 fully saturated rings. The molecule has 0 radical (unpaired) electrons. The minimum Gasteiger partial charge on any atom is -0.0622 e. The van der Waals surface area contributed by atoms with Gasteiger partial charge < -0.3 is 0 Å². The molecule has 0 bridgehead atoms. The summed E-state index contributed by atoms with van der Waals surface area (Å²) in [7, 11) is 0. The molecule has 190 valence electrons. The van der Waals surface area contributed by atoms with Crippen molar-refractivity contribution in [2.24, 2.45) is 0 Å². The first kappa shape index (κ1) is 26.6. The SMILES string of the molecule is Ic1cccc(-c2ccc(-c3cccc(-c4ccc(-c5cccc(I)c5)cc4)c3C#Cc3ccccc3)cc2)c1. The van der Waals surface area contributed by atoms with Crippen molar-refractivity contribution in [2.45, 2.75) is 0 Å². The largest absolute Gasteiger partial charge is 0.0622 e. The monoisotopic (exact) mass is 734 g/mol. The summed E-state index contributed by atoms with van der Waals surface area (Å²) in [5, 5.41) is 0. The number of hydrogen-bond acceptors (Lipinski definition) is 0. The van der Waals surface area contributed by atoms with Gasteiger partial charge in [0.15, 0.2) is 0 Å². The maximum Gasteiger partial charge on any atom is 0.0405 e. The van der Waals surface area contributed by atoms with E-state index in [2.05, 4.69) is 184 Å². The molecule has 0 aromatic heterocycles. The van der Waals surface area contributed by atoms with Gasteiger partial charge in [-0.3, -0.25) is 0 Å². The molecule has 0 amide bonds. The highest BCUT2D eigenvalue weighted by atomic mass is 127. The average molecular weight is 734 g/mol. The topological polar surface area (TPSA) is 0 Å². The van der Waals surface area contributed by atoms with Gasteiger partial charge in [-0.2, -0.15) is 0 Å². The van der Waals surface area contributed by atoms with Crippen molar-refractivity contribution in [3.63, 3.8) is 0 Å². The van der Waals surface area contributed by atoms with Crippen LogP contribution in [0.25, 0.3) is 44.5 Å². The van der Waals surface area contributed by atoms with Crippen LogP contribution < -0.4 is 0 Å². The maximum atomic E-state index is 3.55. The molecule has 0 unspecified atom stereocenters. The van der Waals surface area contributed by atoms with E-state index < -0.39 is 0 Å². The molecule has 0 aliphatic carbocycles. The standard InChI is InChI=1S/C38H24I2/c39-34-11-4-9-32(25-34)28-16-20-30(21-17-28)36-13-6-14-37(38(36)24-15-27-7-2-1-3-8-27)31-22-18-29(19-23-31)33-10-5-12-35(40)26-33/h1-14,16-23,25-26H. The normalized spacial score (nSPS) is 10.6. The van der Waals surface area contributed by atoms with Gasteiger partial charge in [-0.05, 0) is 126 Å². The highest BCUT2D eigenvalue weighted by Crippen LogP contribution is 2.34. The summed E-state index contributed by atoms with van der Waals surface area (Å²) in [5.74, 6) is 6.97. The van der Waals surface area contributed by atoms with Crippen LogP contribution in [0.2, 0.25) is 0 Å². The molecule has 0 N–H and O–H groups in total. The lowest BCUT2D eigenvalue weighted by molar-refractivity contribution is 1.53. The minimum absolute atomic E-state index is 1.01. The molecular formula is C38H24I2. The van der Waals surface area contributed by atoms with Gasteiger partial charge >= 0.3 is 0 Å². The predicted molar refractivity (Wildman–Crippen MR) is 186 cm³/mol. The third-order valence-electron chi connectivity index (χ3n) is 6.88. The summed E-state index contributed by atoms with van der Waals surface area (Å²) < 4.78 is 2.47. The summed E-state index contributed by atoms with van der Waals surface area (Å²) in [6, 6.07) is 51.6. The summed E-state index contributed by atoms with van der Waals surface area (Å²) in [5.41, 5.74) is 11.5. The van der Waals surface area contributed by atoms with Crippen molar-refractivity contribution in [1.29, 1.82) is 0 Å². The van der Waals surface area contributed by atoms with Crippen LogP contribution in [-0.2, 0) is 0 Å². The van der Waals surface area contributed by atoms with Crippen LogP contribution in [0.3, 0.4) is 0 Å². The Morgan fingerprint density at radius 3 is 1.27 bits per heavy atom. The second-order valence-corrected chi connectivity index (χ2v) is 12.0. The minimum atomic E-state index is 1.01. The summed E-state index contributed by atoms with van der Waals surface area (Å²) in [4.78, 5) is 0. The van der Waals surface area contributed by atoms with Gasteiger partial charge in [0, 0.05) is 18.3 Å². The van der Waals surface area contributed by atoms with E-state index in [9.17, 15) is 0 Å². The first-order valence-corrected chi connectivity index (χ1v) is 15.2. The maximum absolute atomic E-state index is 3.55. The van der Waals surface area contributed by atoms with Crippen molar-refractivity contribution in [3.8, 4) is 56.3 Å². The van der Waals surface area contributed by atoms with Crippen molar-refractivity contribution in [2.75, 3.05) is 0 Å². The molecule has 6 aromatic rings. The zero-order valence-electron chi connectivity index (χ0n) is 21.6. The molecular weight excluding hydrogens is 710 g/mol. The molecule has 0 aliphatic rings. The van der Waals surface area contributed by atoms with Crippen molar-refractivity contribution in [1.82, 2.24) is 0 Å². The lowest BCUT2D eigenvalue weighted by Crippen LogP contribution is -1.91. The van der Waals surface area contributed by atoms with Gasteiger partial charge in [-0.25, -0.2) is 0 Å². The molecule has 40 heavy (non-hydrogen) atoms. The fraction of sp³-hybridized carbons (Fsp3) is 0. The van der Waals surface area contributed by atoms with Gasteiger partial charge in [-0.15, -0.1) is 0 Å². The molecule has 6 rings (SSSR count). The molecule has 0 nitrogen and oxygen atoms in total. The van der Waals surface area contributed by atoms with Crippen LogP contribution in [0.1, 0.15) is 11.1 Å². The molecule has 0 aliphatic heterocycles. The van der Waals surface area contributed by atoms with E-state index in [-0.39, 0.29) is 0 Å². The Labute approximate surface area is 263 Å².